The molecule has 6 rings (SSSR count). The molecular formula is C27H29F2N7O. The number of aromatic amines is 1. The second-order valence-corrected chi connectivity index (χ2v) is 9.99. The number of nitrogens with one attached hydrogen (secondary N) is 1. The van der Waals surface area contributed by atoms with Gasteiger partial charge in [-0.25, -0.2) is 8.78 Å². The number of hydrogen-bond acceptors (Lipinski definition) is 7. The van der Waals surface area contributed by atoms with Gasteiger partial charge in [-0.3, -0.25) is 10.1 Å². The Morgan fingerprint density at radius 1 is 1.14 bits per heavy atom. The molecular weight excluding hydrogens is 476 g/mol. The van der Waals surface area contributed by atoms with E-state index in [1.807, 2.05) is 19.9 Å². The topological polar surface area (TPSA) is 83.1 Å². The second kappa shape index (κ2) is 9.33. The van der Waals surface area contributed by atoms with Gasteiger partial charge in [0, 0.05) is 29.7 Å². The molecule has 1 N–H and O–H groups in total. The van der Waals surface area contributed by atoms with Crippen LogP contribution in [0.1, 0.15) is 30.4 Å². The molecule has 0 saturated carbocycles. The Hall–Kier alpha value is -3.66. The number of rotatable bonds is 5. The van der Waals surface area contributed by atoms with Crippen LogP contribution in [0.15, 0.2) is 30.4 Å². The van der Waals surface area contributed by atoms with Crippen LogP contribution in [0, 0.1) is 19.7 Å². The molecule has 2 aliphatic rings. The Balaban J connectivity index is 1.50. The number of anilines is 1. The lowest BCUT2D eigenvalue weighted by Gasteiger charge is -2.27. The van der Waals surface area contributed by atoms with E-state index in [0.29, 0.717) is 36.3 Å². The van der Waals surface area contributed by atoms with Crippen LogP contribution in [0.5, 0.6) is 6.01 Å². The van der Waals surface area contributed by atoms with Gasteiger partial charge in [-0.1, -0.05) is 0 Å². The summed E-state index contributed by atoms with van der Waals surface area (Å²) in [4.78, 5) is 17.7. The van der Waals surface area contributed by atoms with Crippen LogP contribution in [0.4, 0.5) is 14.6 Å². The Kier molecular flexibility index (Phi) is 5.98. The monoisotopic (exact) mass is 505 g/mol. The number of benzene rings is 1. The zero-order chi connectivity index (χ0) is 25.7. The summed E-state index contributed by atoms with van der Waals surface area (Å²) in [6, 6.07) is 2.33. The van der Waals surface area contributed by atoms with Crippen molar-refractivity contribution in [3.05, 3.63) is 47.3 Å². The number of H-pyrrole nitrogens is 1. The van der Waals surface area contributed by atoms with Gasteiger partial charge in [0.1, 0.15) is 29.5 Å². The molecule has 0 spiro atoms. The molecule has 1 saturated heterocycles. The summed E-state index contributed by atoms with van der Waals surface area (Å²) in [6.07, 6.45) is 7.51. The Morgan fingerprint density at radius 2 is 2.00 bits per heavy atom. The molecule has 1 fully saturated rings. The first kappa shape index (κ1) is 23.7. The first-order valence-electron chi connectivity index (χ1n) is 12.6. The number of ether oxygens (including phenoxy) is 1. The van der Waals surface area contributed by atoms with E-state index in [-0.39, 0.29) is 35.6 Å². The number of likely N-dealkylation sites (tertiary alicyclic amines) is 1. The third kappa shape index (κ3) is 4.19. The number of aryl methyl sites for hydroxylation is 1. The number of nitrogens with zero attached hydrogens (tertiary/aromatic N) is 6. The summed E-state index contributed by atoms with van der Waals surface area (Å²) < 4.78 is 36.6. The van der Waals surface area contributed by atoms with Crippen molar-refractivity contribution in [1.82, 2.24) is 30.0 Å². The molecule has 4 aromatic rings. The standard InChI is InChI=1S/C27H29F2N7O/c1-15-10-21-19(12-31-34-21)22(16(15)2)25-23(29)24-20(11-30-25)26(36-9-4-6-17(28)13-36)33-27(32-24)37-14-18-7-5-8-35(18)3/h6,10-12,18H,4-5,7-9,13-14H2,1-3H3,(H,31,34). The first-order chi connectivity index (χ1) is 17.9. The van der Waals surface area contributed by atoms with Crippen molar-refractivity contribution in [3.8, 4) is 17.3 Å². The lowest BCUT2D eigenvalue weighted by molar-refractivity contribution is 0.188. The fourth-order valence-electron chi connectivity index (χ4n) is 5.38. The highest BCUT2D eigenvalue weighted by Crippen LogP contribution is 2.37. The minimum atomic E-state index is -0.562. The number of hydrogen-bond donors (Lipinski definition) is 1. The molecule has 1 aromatic carbocycles. The smallest absolute Gasteiger partial charge is 0.319 e. The summed E-state index contributed by atoms with van der Waals surface area (Å²) in [6.45, 7) is 5.96. The van der Waals surface area contributed by atoms with Crippen molar-refractivity contribution in [1.29, 1.82) is 0 Å². The minimum absolute atomic E-state index is 0.0624. The molecule has 3 aromatic heterocycles. The largest absolute Gasteiger partial charge is 0.462 e. The maximum absolute atomic E-state index is 16.4. The zero-order valence-corrected chi connectivity index (χ0v) is 21.2. The van der Waals surface area contributed by atoms with Gasteiger partial charge >= 0.3 is 6.01 Å². The van der Waals surface area contributed by atoms with E-state index in [9.17, 15) is 4.39 Å². The molecule has 1 atom stereocenters. The van der Waals surface area contributed by atoms with Gasteiger partial charge in [-0.15, -0.1) is 0 Å². The van der Waals surface area contributed by atoms with Gasteiger partial charge in [0.15, 0.2) is 5.82 Å². The van der Waals surface area contributed by atoms with Crippen molar-refractivity contribution in [2.45, 2.75) is 39.2 Å². The third-order valence-electron chi connectivity index (χ3n) is 7.63. The maximum Gasteiger partial charge on any atom is 0.319 e. The van der Waals surface area contributed by atoms with Crippen LogP contribution in [-0.2, 0) is 0 Å². The number of fused-ring (bicyclic) bond motifs is 2. The third-order valence-corrected chi connectivity index (χ3v) is 7.63. The van der Waals surface area contributed by atoms with Crippen LogP contribution >= 0.6 is 0 Å². The molecule has 1 unspecified atom stereocenters. The molecule has 2 aliphatic heterocycles. The average Bonchev–Trinajstić information content (AvgIpc) is 3.52. The lowest BCUT2D eigenvalue weighted by atomic mass is 9.96. The zero-order valence-electron chi connectivity index (χ0n) is 21.2. The van der Waals surface area contributed by atoms with E-state index in [0.717, 1.165) is 41.4 Å². The SMILES string of the molecule is Cc1cc2[nH]ncc2c(-c2ncc3c(N4CCC=C(F)C4)nc(OCC4CCCN4C)nc3c2F)c1C. The molecule has 8 nitrogen and oxygen atoms in total. The first-order valence-corrected chi connectivity index (χ1v) is 12.6. The van der Waals surface area contributed by atoms with E-state index < -0.39 is 5.82 Å². The van der Waals surface area contributed by atoms with Crippen molar-refractivity contribution < 1.29 is 13.5 Å². The molecule has 0 aliphatic carbocycles. The molecule has 5 heterocycles. The molecule has 0 amide bonds. The van der Waals surface area contributed by atoms with Gasteiger partial charge in [0.25, 0.3) is 0 Å². The molecule has 192 valence electrons. The summed E-state index contributed by atoms with van der Waals surface area (Å²) in [5, 5.41) is 8.33. The van der Waals surface area contributed by atoms with Crippen LogP contribution in [0.25, 0.3) is 33.1 Å². The highest BCUT2D eigenvalue weighted by Gasteiger charge is 2.26. The predicted octanol–water partition coefficient (Wildman–Crippen LogP) is 4.86. The fourth-order valence-corrected chi connectivity index (χ4v) is 5.38. The maximum atomic E-state index is 16.4. The van der Waals surface area contributed by atoms with Crippen LogP contribution in [0.2, 0.25) is 0 Å². The quantitative estimate of drug-likeness (QED) is 0.415. The summed E-state index contributed by atoms with van der Waals surface area (Å²) in [7, 11) is 2.06. The van der Waals surface area contributed by atoms with Crippen LogP contribution in [0.3, 0.4) is 0 Å². The van der Waals surface area contributed by atoms with Gasteiger partial charge < -0.3 is 14.5 Å². The van der Waals surface area contributed by atoms with E-state index in [4.69, 9.17) is 4.74 Å². The normalized spacial score (nSPS) is 18.7. The fraction of sp³-hybridized carbons (Fsp3) is 0.407. The summed E-state index contributed by atoms with van der Waals surface area (Å²) in [5.41, 5.74) is 3.69. The molecule has 10 heteroatoms. The number of halogens is 2. The van der Waals surface area contributed by atoms with Gasteiger partial charge in [0.05, 0.1) is 23.6 Å². The number of aromatic nitrogens is 5. The van der Waals surface area contributed by atoms with Crippen molar-refractivity contribution in [2.24, 2.45) is 0 Å². The van der Waals surface area contributed by atoms with Gasteiger partial charge in [0.2, 0.25) is 0 Å². The summed E-state index contributed by atoms with van der Waals surface area (Å²) in [5.74, 6) is -0.376. The highest BCUT2D eigenvalue weighted by molar-refractivity contribution is 5.99. The Labute approximate surface area is 213 Å². The predicted molar refractivity (Wildman–Crippen MR) is 139 cm³/mol. The Bertz CT molecular complexity index is 1530. The molecule has 0 bridgehead atoms. The van der Waals surface area contributed by atoms with Crippen molar-refractivity contribution in [3.63, 3.8) is 0 Å². The van der Waals surface area contributed by atoms with E-state index >= 15 is 4.39 Å². The van der Waals surface area contributed by atoms with Crippen LogP contribution < -0.4 is 9.64 Å². The van der Waals surface area contributed by atoms with E-state index in [1.54, 1.807) is 23.4 Å². The van der Waals surface area contributed by atoms with Crippen molar-refractivity contribution >= 4 is 27.6 Å². The Morgan fingerprint density at radius 3 is 2.78 bits per heavy atom. The molecule has 37 heavy (non-hydrogen) atoms. The number of likely N-dealkylation sites (N-methyl/N-ethyl adjacent to an activating group) is 1. The number of pyridine rings is 1. The minimum Gasteiger partial charge on any atom is -0.462 e. The van der Waals surface area contributed by atoms with Gasteiger partial charge in [-0.05, 0) is 70.0 Å². The van der Waals surface area contributed by atoms with Crippen LogP contribution in [-0.4, -0.2) is 69.4 Å². The summed E-state index contributed by atoms with van der Waals surface area (Å²) >= 11 is 0. The van der Waals surface area contributed by atoms with Crippen molar-refractivity contribution in [2.75, 3.05) is 38.2 Å². The van der Waals surface area contributed by atoms with E-state index in [2.05, 4.69) is 37.1 Å². The van der Waals surface area contributed by atoms with E-state index in [1.165, 1.54) is 0 Å². The van der Waals surface area contributed by atoms with Gasteiger partial charge in [-0.2, -0.15) is 15.1 Å². The average molecular weight is 506 g/mol. The molecule has 0 radical (unpaired) electrons. The highest BCUT2D eigenvalue weighted by atomic mass is 19.1. The second-order valence-electron chi connectivity index (χ2n) is 9.99. The lowest BCUT2D eigenvalue weighted by Crippen LogP contribution is -2.32.